The van der Waals surface area contributed by atoms with E-state index in [9.17, 15) is 9.59 Å². The third-order valence-electron chi connectivity index (χ3n) is 4.79. The summed E-state index contributed by atoms with van der Waals surface area (Å²) in [5.41, 5.74) is 0.540. The summed E-state index contributed by atoms with van der Waals surface area (Å²) in [4.78, 5) is 29.0. The molecule has 1 aliphatic heterocycles. The van der Waals surface area contributed by atoms with E-state index in [1.54, 1.807) is 52.3 Å². The number of carbonyl (C=O) groups is 2. The lowest BCUT2D eigenvalue weighted by molar-refractivity contribution is -0.125. The average molecular weight is 423 g/mol. The Bertz CT molecular complexity index is 793. The molecule has 3 unspecified atom stereocenters. The zero-order valence-electron chi connectivity index (χ0n) is 15.5. The lowest BCUT2D eigenvalue weighted by Crippen LogP contribution is -2.50. The van der Waals surface area contributed by atoms with Crippen LogP contribution in [0.2, 0.25) is 5.02 Å². The highest BCUT2D eigenvalue weighted by molar-refractivity contribution is 7.99. The van der Waals surface area contributed by atoms with Crippen LogP contribution in [0, 0.1) is 5.92 Å². The van der Waals surface area contributed by atoms with Crippen LogP contribution in [0.1, 0.15) is 41.4 Å². The average Bonchev–Trinajstić information content (AvgIpc) is 3.30. The number of rotatable bonds is 5. The van der Waals surface area contributed by atoms with Crippen LogP contribution in [0.5, 0.6) is 0 Å². The van der Waals surface area contributed by atoms with Gasteiger partial charge in [-0.05, 0) is 48.6 Å². The molecule has 4 nitrogen and oxygen atoms in total. The number of benzene rings is 1. The monoisotopic (exact) mass is 422 g/mol. The maximum absolute atomic E-state index is 13.3. The van der Waals surface area contributed by atoms with Gasteiger partial charge in [-0.1, -0.05) is 31.5 Å². The predicted octanol–water partition coefficient (Wildman–Crippen LogP) is 4.82. The summed E-state index contributed by atoms with van der Waals surface area (Å²) in [5.74, 6) is 0.674. The van der Waals surface area contributed by atoms with Gasteiger partial charge >= 0.3 is 0 Å². The van der Waals surface area contributed by atoms with Crippen molar-refractivity contribution in [3.05, 3.63) is 57.2 Å². The highest BCUT2D eigenvalue weighted by Gasteiger charge is 2.43. The van der Waals surface area contributed by atoms with Gasteiger partial charge in [-0.15, -0.1) is 23.1 Å². The molecular weight excluding hydrogens is 400 g/mol. The van der Waals surface area contributed by atoms with Gasteiger partial charge < -0.3 is 10.2 Å². The van der Waals surface area contributed by atoms with E-state index in [2.05, 4.69) is 19.2 Å². The Morgan fingerprint density at radius 3 is 2.48 bits per heavy atom. The molecule has 1 aromatic heterocycles. The lowest BCUT2D eigenvalue weighted by atomic mass is 10.1. The van der Waals surface area contributed by atoms with E-state index < -0.39 is 6.04 Å². The van der Waals surface area contributed by atoms with Gasteiger partial charge in [-0.25, -0.2) is 0 Å². The fraction of sp³-hybridized carbons (Fsp3) is 0.400. The molecule has 1 fully saturated rings. The molecule has 1 N–H and O–H groups in total. The van der Waals surface area contributed by atoms with E-state index in [-0.39, 0.29) is 23.2 Å². The van der Waals surface area contributed by atoms with Crippen LogP contribution in [0.25, 0.3) is 0 Å². The Balaban J connectivity index is 1.89. The van der Waals surface area contributed by atoms with Gasteiger partial charge in [-0.2, -0.15) is 0 Å². The van der Waals surface area contributed by atoms with Crippen molar-refractivity contribution in [2.75, 3.05) is 5.75 Å². The summed E-state index contributed by atoms with van der Waals surface area (Å²) in [6.45, 7) is 6.13. The second-order valence-electron chi connectivity index (χ2n) is 6.98. The predicted molar refractivity (Wildman–Crippen MR) is 113 cm³/mol. The molecule has 0 radical (unpaired) electrons. The zero-order chi connectivity index (χ0) is 19.6. The molecule has 3 atom stereocenters. The first-order valence-electron chi connectivity index (χ1n) is 8.92. The van der Waals surface area contributed by atoms with Crippen LogP contribution >= 0.6 is 34.7 Å². The first-order chi connectivity index (χ1) is 12.9. The molecule has 0 saturated carbocycles. The van der Waals surface area contributed by atoms with Crippen LogP contribution in [0.4, 0.5) is 0 Å². The van der Waals surface area contributed by atoms with E-state index in [1.165, 1.54) is 0 Å². The SMILES string of the molecule is CC(C)C(C)NC(=O)C1CSC(c2cccs2)N1C(=O)c1ccc(Cl)cc1. The molecule has 0 spiro atoms. The molecule has 0 aliphatic carbocycles. The molecule has 2 heterocycles. The normalized spacial score (nSPS) is 20.7. The summed E-state index contributed by atoms with van der Waals surface area (Å²) in [7, 11) is 0. The summed E-state index contributed by atoms with van der Waals surface area (Å²) in [5, 5.41) is 5.49. The van der Waals surface area contributed by atoms with Crippen molar-refractivity contribution >= 4 is 46.5 Å². The van der Waals surface area contributed by atoms with Gasteiger partial charge in [0.25, 0.3) is 5.91 Å². The Morgan fingerprint density at radius 2 is 1.89 bits per heavy atom. The summed E-state index contributed by atoms with van der Waals surface area (Å²) in [6, 6.07) is 10.4. The maximum atomic E-state index is 13.3. The van der Waals surface area contributed by atoms with Crippen molar-refractivity contribution in [3.63, 3.8) is 0 Å². The van der Waals surface area contributed by atoms with E-state index in [1.807, 2.05) is 24.4 Å². The first-order valence-corrected chi connectivity index (χ1v) is 11.2. The maximum Gasteiger partial charge on any atom is 0.255 e. The molecule has 2 amide bonds. The minimum atomic E-state index is -0.494. The van der Waals surface area contributed by atoms with Crippen molar-refractivity contribution in [2.45, 2.75) is 38.2 Å². The van der Waals surface area contributed by atoms with Gasteiger partial charge in [0.15, 0.2) is 0 Å². The fourth-order valence-corrected chi connectivity index (χ4v) is 5.36. The van der Waals surface area contributed by atoms with E-state index in [0.717, 1.165) is 4.88 Å². The van der Waals surface area contributed by atoms with Gasteiger partial charge in [0.2, 0.25) is 5.91 Å². The second-order valence-corrected chi connectivity index (χ2v) is 9.51. The van der Waals surface area contributed by atoms with E-state index in [4.69, 9.17) is 11.6 Å². The molecule has 3 rings (SSSR count). The topological polar surface area (TPSA) is 49.4 Å². The molecule has 0 bridgehead atoms. The minimum absolute atomic E-state index is 0.0516. The van der Waals surface area contributed by atoms with E-state index in [0.29, 0.717) is 22.3 Å². The standard InChI is InChI=1S/C20H23ClN2O2S2/c1-12(2)13(3)22-18(24)16-11-27-20(17-5-4-10-26-17)23(16)19(25)14-6-8-15(21)9-7-14/h4-10,12-13,16,20H,11H2,1-3H3,(H,22,24). The molecule has 1 saturated heterocycles. The van der Waals surface area contributed by atoms with Crippen LogP contribution in [0.3, 0.4) is 0 Å². The lowest BCUT2D eigenvalue weighted by Gasteiger charge is -2.30. The Labute approximate surface area is 173 Å². The highest BCUT2D eigenvalue weighted by atomic mass is 35.5. The number of nitrogens with one attached hydrogen (secondary N) is 1. The number of nitrogens with zero attached hydrogens (tertiary/aromatic N) is 1. The molecule has 27 heavy (non-hydrogen) atoms. The minimum Gasteiger partial charge on any atom is -0.352 e. The molecule has 144 valence electrons. The third kappa shape index (κ3) is 4.50. The van der Waals surface area contributed by atoms with Gasteiger partial charge in [0.1, 0.15) is 11.4 Å². The largest absolute Gasteiger partial charge is 0.352 e. The van der Waals surface area contributed by atoms with Crippen LogP contribution in [0.15, 0.2) is 41.8 Å². The van der Waals surface area contributed by atoms with Gasteiger partial charge in [0, 0.05) is 27.3 Å². The van der Waals surface area contributed by atoms with E-state index >= 15 is 0 Å². The van der Waals surface area contributed by atoms with Crippen molar-refractivity contribution in [1.29, 1.82) is 0 Å². The van der Waals surface area contributed by atoms with Crippen molar-refractivity contribution in [2.24, 2.45) is 5.92 Å². The molecule has 2 aromatic rings. The number of thioether (sulfide) groups is 1. The van der Waals surface area contributed by atoms with Crippen molar-refractivity contribution in [1.82, 2.24) is 10.2 Å². The van der Waals surface area contributed by atoms with Crippen molar-refractivity contribution in [3.8, 4) is 0 Å². The number of carbonyl (C=O) groups excluding carboxylic acids is 2. The quantitative estimate of drug-likeness (QED) is 0.751. The van der Waals surface area contributed by atoms with Crippen LogP contribution < -0.4 is 5.32 Å². The number of hydrogen-bond acceptors (Lipinski definition) is 4. The Kier molecular flexibility index (Phi) is 6.50. The third-order valence-corrected chi connectivity index (χ3v) is 7.42. The summed E-state index contributed by atoms with van der Waals surface area (Å²) in [6.07, 6.45) is 0. The second kappa shape index (κ2) is 8.67. The van der Waals surface area contributed by atoms with Crippen molar-refractivity contribution < 1.29 is 9.59 Å². The fourth-order valence-electron chi connectivity index (χ4n) is 2.84. The van der Waals surface area contributed by atoms with Gasteiger partial charge in [-0.3, -0.25) is 9.59 Å². The number of amides is 2. The molecular formula is C20H23ClN2O2S2. The Morgan fingerprint density at radius 1 is 1.19 bits per heavy atom. The molecule has 7 heteroatoms. The smallest absolute Gasteiger partial charge is 0.255 e. The number of thiophene rings is 1. The molecule has 1 aliphatic rings. The summed E-state index contributed by atoms with van der Waals surface area (Å²) < 4.78 is 0. The summed E-state index contributed by atoms with van der Waals surface area (Å²) >= 11 is 9.20. The van der Waals surface area contributed by atoms with Crippen LogP contribution in [-0.2, 0) is 4.79 Å². The number of halogens is 1. The molecule has 1 aromatic carbocycles. The zero-order valence-corrected chi connectivity index (χ0v) is 17.9. The number of hydrogen-bond donors (Lipinski definition) is 1. The van der Waals surface area contributed by atoms with Crippen LogP contribution in [-0.4, -0.2) is 34.6 Å². The van der Waals surface area contributed by atoms with Gasteiger partial charge in [0.05, 0.1) is 0 Å². The highest BCUT2D eigenvalue weighted by Crippen LogP contribution is 2.44. The first kappa shape index (κ1) is 20.2. The Hall–Kier alpha value is -1.50.